The molecular weight excluding hydrogens is 320 g/mol. The summed E-state index contributed by atoms with van der Waals surface area (Å²) in [5.74, 6) is 5.14. The highest BCUT2D eigenvalue weighted by atomic mass is 32.2. The number of aromatic nitrogens is 4. The number of thioether (sulfide) groups is 1. The van der Waals surface area contributed by atoms with Gasteiger partial charge in [-0.1, -0.05) is 6.92 Å². The molecule has 0 bridgehead atoms. The highest BCUT2D eigenvalue weighted by Gasteiger charge is 2.28. The Morgan fingerprint density at radius 1 is 1.08 bits per heavy atom. The Bertz CT molecular complexity index is 655. The van der Waals surface area contributed by atoms with Crippen LogP contribution in [0.1, 0.15) is 19.4 Å². The summed E-state index contributed by atoms with van der Waals surface area (Å²) in [6.45, 7) is 6.52. The molecule has 0 radical (unpaired) electrons. The first-order chi connectivity index (χ1) is 11.8. The molecule has 2 saturated heterocycles. The largest absolute Gasteiger partial charge is 0.355 e. The lowest BCUT2D eigenvalue weighted by molar-refractivity contribution is 0.298. The van der Waals surface area contributed by atoms with Crippen molar-refractivity contribution >= 4 is 23.4 Å². The monoisotopic (exact) mass is 344 g/mol. The highest BCUT2D eigenvalue weighted by molar-refractivity contribution is 7.99. The molecule has 2 aliphatic heterocycles. The van der Waals surface area contributed by atoms with Crippen LogP contribution in [0.25, 0.3) is 0 Å². The van der Waals surface area contributed by atoms with Crippen molar-refractivity contribution in [3.63, 3.8) is 0 Å². The number of piperidine rings is 1. The molecule has 4 rings (SSSR count). The van der Waals surface area contributed by atoms with Crippen LogP contribution in [0.3, 0.4) is 0 Å². The van der Waals surface area contributed by atoms with Gasteiger partial charge in [0, 0.05) is 56.1 Å². The zero-order chi connectivity index (χ0) is 16.4. The lowest BCUT2D eigenvalue weighted by Gasteiger charge is -2.38. The van der Waals surface area contributed by atoms with E-state index in [0.29, 0.717) is 12.0 Å². The van der Waals surface area contributed by atoms with E-state index in [9.17, 15) is 0 Å². The predicted octanol–water partition coefficient (Wildman–Crippen LogP) is 2.31. The van der Waals surface area contributed by atoms with Gasteiger partial charge in [0.25, 0.3) is 0 Å². The van der Waals surface area contributed by atoms with Crippen LogP contribution in [-0.2, 0) is 0 Å². The zero-order valence-electron chi connectivity index (χ0n) is 14.1. The molecule has 0 spiro atoms. The van der Waals surface area contributed by atoms with Crippen molar-refractivity contribution in [1.82, 2.24) is 19.5 Å². The minimum absolute atomic E-state index is 0.450. The van der Waals surface area contributed by atoms with E-state index in [2.05, 4.69) is 48.5 Å². The van der Waals surface area contributed by atoms with Gasteiger partial charge in [-0.2, -0.15) is 11.8 Å². The Balaban J connectivity index is 1.53. The smallest absolute Gasteiger partial charge is 0.134 e. The van der Waals surface area contributed by atoms with E-state index < -0.39 is 0 Å². The normalized spacial score (nSPS) is 25.0. The van der Waals surface area contributed by atoms with Crippen molar-refractivity contribution in [2.45, 2.75) is 19.4 Å². The summed E-state index contributed by atoms with van der Waals surface area (Å²) in [4.78, 5) is 18.1. The second kappa shape index (κ2) is 7.01. The van der Waals surface area contributed by atoms with E-state index in [-0.39, 0.29) is 0 Å². The van der Waals surface area contributed by atoms with Crippen LogP contribution in [-0.4, -0.2) is 57.2 Å². The topological polar surface area (TPSA) is 50.1 Å². The molecule has 0 saturated carbocycles. The molecular formula is C17H24N6S. The average Bonchev–Trinajstić information content (AvgIpc) is 3.17. The zero-order valence-corrected chi connectivity index (χ0v) is 14.9. The first-order valence-corrected chi connectivity index (χ1v) is 9.84. The Morgan fingerprint density at radius 3 is 2.62 bits per heavy atom. The molecule has 2 aromatic rings. The van der Waals surface area contributed by atoms with Crippen LogP contribution < -0.4 is 9.80 Å². The van der Waals surface area contributed by atoms with Crippen LogP contribution >= 0.6 is 11.8 Å². The molecule has 2 aliphatic rings. The molecule has 128 valence electrons. The maximum Gasteiger partial charge on any atom is 0.134 e. The lowest BCUT2D eigenvalue weighted by Crippen LogP contribution is -2.41. The minimum atomic E-state index is 0.450. The van der Waals surface area contributed by atoms with Crippen molar-refractivity contribution in [3.05, 3.63) is 31.1 Å². The minimum Gasteiger partial charge on any atom is -0.355 e. The van der Waals surface area contributed by atoms with Crippen molar-refractivity contribution in [2.75, 3.05) is 47.5 Å². The van der Waals surface area contributed by atoms with Gasteiger partial charge < -0.3 is 14.4 Å². The Hall–Kier alpha value is -1.76. The molecule has 0 aromatic carbocycles. The summed E-state index contributed by atoms with van der Waals surface area (Å²) in [7, 11) is 0. The van der Waals surface area contributed by atoms with E-state index in [1.165, 1.54) is 17.9 Å². The fourth-order valence-corrected chi connectivity index (χ4v) is 4.49. The van der Waals surface area contributed by atoms with Gasteiger partial charge in [0.05, 0.1) is 12.4 Å². The Kier molecular flexibility index (Phi) is 4.60. The third-order valence-corrected chi connectivity index (χ3v) is 6.07. The van der Waals surface area contributed by atoms with E-state index in [4.69, 9.17) is 0 Å². The van der Waals surface area contributed by atoms with Gasteiger partial charge in [-0.25, -0.2) is 15.0 Å². The van der Waals surface area contributed by atoms with Crippen molar-refractivity contribution in [1.29, 1.82) is 0 Å². The summed E-state index contributed by atoms with van der Waals surface area (Å²) >= 11 is 2.02. The fourth-order valence-electron chi connectivity index (χ4n) is 3.59. The van der Waals surface area contributed by atoms with Gasteiger partial charge in [-0.15, -0.1) is 0 Å². The molecule has 2 fully saturated rings. The number of nitrogens with zero attached hydrogens (tertiary/aromatic N) is 6. The summed E-state index contributed by atoms with van der Waals surface area (Å²) in [6.07, 6.45) is 8.75. The third-order valence-electron chi connectivity index (χ3n) is 5.12. The van der Waals surface area contributed by atoms with Crippen molar-refractivity contribution in [2.24, 2.45) is 5.92 Å². The molecule has 2 atom stereocenters. The molecule has 0 amide bonds. The van der Waals surface area contributed by atoms with Crippen LogP contribution in [0.5, 0.6) is 0 Å². The summed E-state index contributed by atoms with van der Waals surface area (Å²) in [5, 5.41) is 0. The molecule has 0 aliphatic carbocycles. The standard InChI is InChI=1S/C17H24N6S/c1-14-2-4-22(11-15(14)23-5-3-18-13-23)17-10-16(19-12-20-17)21-6-8-24-9-7-21/h3,5,10,12-15H,2,4,6-9,11H2,1H3/t14-,15-/m1/s1. The summed E-state index contributed by atoms with van der Waals surface area (Å²) in [5.41, 5.74) is 0. The Morgan fingerprint density at radius 2 is 1.88 bits per heavy atom. The maximum absolute atomic E-state index is 4.56. The lowest BCUT2D eigenvalue weighted by atomic mass is 9.93. The number of imidazole rings is 1. The molecule has 0 N–H and O–H groups in total. The molecule has 7 heteroatoms. The first kappa shape index (κ1) is 15.7. The van der Waals surface area contributed by atoms with Crippen LogP contribution in [0.2, 0.25) is 0 Å². The molecule has 2 aromatic heterocycles. The van der Waals surface area contributed by atoms with Gasteiger partial charge in [0.2, 0.25) is 0 Å². The van der Waals surface area contributed by atoms with Gasteiger partial charge in [-0.05, 0) is 12.3 Å². The second-order valence-electron chi connectivity index (χ2n) is 6.62. The van der Waals surface area contributed by atoms with Crippen LogP contribution in [0.15, 0.2) is 31.1 Å². The quantitative estimate of drug-likeness (QED) is 0.852. The Labute approximate surface area is 147 Å². The number of hydrogen-bond donors (Lipinski definition) is 0. The van der Waals surface area contributed by atoms with E-state index in [1.807, 2.05) is 24.3 Å². The summed E-state index contributed by atoms with van der Waals surface area (Å²) in [6, 6.07) is 2.61. The van der Waals surface area contributed by atoms with Crippen LogP contribution in [0.4, 0.5) is 11.6 Å². The van der Waals surface area contributed by atoms with E-state index in [0.717, 1.165) is 37.8 Å². The summed E-state index contributed by atoms with van der Waals surface area (Å²) < 4.78 is 2.24. The van der Waals surface area contributed by atoms with Gasteiger partial charge >= 0.3 is 0 Å². The van der Waals surface area contributed by atoms with E-state index >= 15 is 0 Å². The predicted molar refractivity (Wildman–Crippen MR) is 98.8 cm³/mol. The number of hydrogen-bond acceptors (Lipinski definition) is 6. The molecule has 6 nitrogen and oxygen atoms in total. The number of rotatable bonds is 3. The van der Waals surface area contributed by atoms with Crippen molar-refractivity contribution < 1.29 is 0 Å². The van der Waals surface area contributed by atoms with Gasteiger partial charge in [0.1, 0.15) is 18.0 Å². The van der Waals surface area contributed by atoms with Crippen LogP contribution in [0, 0.1) is 5.92 Å². The molecule has 0 unspecified atom stereocenters. The molecule has 24 heavy (non-hydrogen) atoms. The SMILES string of the molecule is C[C@@H]1CCN(c2cc(N3CCSCC3)ncn2)C[C@H]1n1ccnc1. The highest BCUT2D eigenvalue weighted by Crippen LogP contribution is 2.30. The molecule has 4 heterocycles. The first-order valence-electron chi connectivity index (χ1n) is 8.68. The van der Waals surface area contributed by atoms with E-state index in [1.54, 1.807) is 6.33 Å². The fraction of sp³-hybridized carbons (Fsp3) is 0.588. The van der Waals surface area contributed by atoms with Crippen molar-refractivity contribution in [3.8, 4) is 0 Å². The second-order valence-corrected chi connectivity index (χ2v) is 7.85. The number of anilines is 2. The van der Waals surface area contributed by atoms with Gasteiger partial charge in [0.15, 0.2) is 0 Å². The third kappa shape index (κ3) is 3.22. The van der Waals surface area contributed by atoms with Gasteiger partial charge in [-0.3, -0.25) is 0 Å². The maximum atomic E-state index is 4.56. The average molecular weight is 344 g/mol.